The standard InChI is InChI=1S/2C5H6OS/c2*7-4-5-2-1-3-6-5/h2*1-3,7H,4H2. The van der Waals surface area contributed by atoms with Crippen molar-refractivity contribution in [2.45, 2.75) is 11.5 Å². The van der Waals surface area contributed by atoms with Gasteiger partial charge in [-0.1, -0.05) is 0 Å². The summed E-state index contributed by atoms with van der Waals surface area (Å²) in [4.78, 5) is 0. The van der Waals surface area contributed by atoms with Gasteiger partial charge in [0.2, 0.25) is 0 Å². The summed E-state index contributed by atoms with van der Waals surface area (Å²) in [6.45, 7) is 0. The minimum Gasteiger partial charge on any atom is -0.468 e. The highest BCUT2D eigenvalue weighted by molar-refractivity contribution is 7.79. The molecule has 0 amide bonds. The molecule has 14 heavy (non-hydrogen) atoms. The number of hydrogen-bond donors (Lipinski definition) is 2. The van der Waals surface area contributed by atoms with Crippen LogP contribution >= 0.6 is 25.3 Å². The summed E-state index contributed by atoms with van der Waals surface area (Å²) in [5.41, 5.74) is 0. The van der Waals surface area contributed by atoms with E-state index in [4.69, 9.17) is 8.83 Å². The number of furan rings is 2. The van der Waals surface area contributed by atoms with Gasteiger partial charge in [0.05, 0.1) is 12.5 Å². The van der Waals surface area contributed by atoms with E-state index in [0.717, 1.165) is 11.5 Å². The van der Waals surface area contributed by atoms with Crippen LogP contribution in [0.3, 0.4) is 0 Å². The third-order valence-electron chi connectivity index (χ3n) is 1.47. The summed E-state index contributed by atoms with van der Waals surface area (Å²) in [5, 5.41) is 0. The van der Waals surface area contributed by atoms with Crippen molar-refractivity contribution in [2.24, 2.45) is 0 Å². The fourth-order valence-corrected chi connectivity index (χ4v) is 1.16. The Morgan fingerprint density at radius 1 is 0.857 bits per heavy atom. The predicted octanol–water partition coefficient (Wildman–Crippen LogP) is 3.42. The molecule has 0 saturated heterocycles. The zero-order chi connectivity index (χ0) is 10.2. The van der Waals surface area contributed by atoms with Crippen molar-refractivity contribution in [3.05, 3.63) is 48.3 Å². The Bertz CT molecular complexity index is 280. The summed E-state index contributed by atoms with van der Waals surface area (Å²) >= 11 is 7.96. The number of thiol groups is 2. The molecule has 2 aromatic rings. The van der Waals surface area contributed by atoms with E-state index in [0.29, 0.717) is 11.5 Å². The van der Waals surface area contributed by atoms with Crippen molar-refractivity contribution in [3.63, 3.8) is 0 Å². The second-order valence-corrected chi connectivity index (χ2v) is 3.11. The van der Waals surface area contributed by atoms with Crippen LogP contribution in [-0.4, -0.2) is 0 Å². The molecule has 2 rings (SSSR count). The van der Waals surface area contributed by atoms with Crippen LogP contribution in [0.5, 0.6) is 0 Å². The lowest BCUT2D eigenvalue weighted by Gasteiger charge is -1.79. The van der Waals surface area contributed by atoms with Crippen molar-refractivity contribution in [2.75, 3.05) is 0 Å². The van der Waals surface area contributed by atoms with E-state index in [-0.39, 0.29) is 0 Å². The maximum atomic E-state index is 4.91. The molecule has 0 N–H and O–H groups in total. The van der Waals surface area contributed by atoms with Crippen LogP contribution in [0.1, 0.15) is 11.5 Å². The summed E-state index contributed by atoms with van der Waals surface area (Å²) in [6.07, 6.45) is 3.29. The van der Waals surface area contributed by atoms with Crippen LogP contribution in [0.25, 0.3) is 0 Å². The normalized spacial score (nSPS) is 9.29. The van der Waals surface area contributed by atoms with Crippen molar-refractivity contribution >= 4 is 25.3 Å². The molecule has 0 saturated carbocycles. The Morgan fingerprint density at radius 2 is 1.29 bits per heavy atom. The Kier molecular flexibility index (Phi) is 5.40. The monoisotopic (exact) mass is 228 g/mol. The van der Waals surface area contributed by atoms with E-state index in [1.807, 2.05) is 24.3 Å². The van der Waals surface area contributed by atoms with Gasteiger partial charge in [-0.05, 0) is 24.3 Å². The smallest absolute Gasteiger partial charge is 0.113 e. The average Bonchev–Trinajstić information content (AvgIpc) is 2.92. The molecule has 0 aliphatic carbocycles. The molecule has 0 unspecified atom stereocenters. The molecule has 2 nitrogen and oxygen atoms in total. The molecule has 2 heterocycles. The molecule has 0 radical (unpaired) electrons. The maximum Gasteiger partial charge on any atom is 0.113 e. The Hall–Kier alpha value is -0.740. The minimum absolute atomic E-state index is 0.688. The zero-order valence-electron chi connectivity index (χ0n) is 7.59. The SMILES string of the molecule is SCc1ccco1.SCc1ccco1. The lowest BCUT2D eigenvalue weighted by Crippen LogP contribution is -1.62. The fourth-order valence-electron chi connectivity index (χ4n) is 0.805. The summed E-state index contributed by atoms with van der Waals surface area (Å²) < 4.78 is 9.81. The van der Waals surface area contributed by atoms with Gasteiger partial charge in [0.1, 0.15) is 11.5 Å². The van der Waals surface area contributed by atoms with E-state index in [1.165, 1.54) is 0 Å². The van der Waals surface area contributed by atoms with Crippen molar-refractivity contribution in [1.82, 2.24) is 0 Å². The lowest BCUT2D eigenvalue weighted by atomic mass is 10.5. The van der Waals surface area contributed by atoms with Crippen molar-refractivity contribution in [1.29, 1.82) is 0 Å². The molecular weight excluding hydrogens is 216 g/mol. The summed E-state index contributed by atoms with van der Waals surface area (Å²) in [6, 6.07) is 7.50. The van der Waals surface area contributed by atoms with Crippen LogP contribution in [0, 0.1) is 0 Å². The van der Waals surface area contributed by atoms with Gasteiger partial charge in [-0.2, -0.15) is 25.3 Å². The molecule has 0 aromatic carbocycles. The van der Waals surface area contributed by atoms with Gasteiger partial charge in [-0.3, -0.25) is 0 Å². The van der Waals surface area contributed by atoms with E-state index in [1.54, 1.807) is 12.5 Å². The highest BCUT2D eigenvalue weighted by Gasteiger charge is 1.85. The van der Waals surface area contributed by atoms with Crippen LogP contribution < -0.4 is 0 Å². The minimum atomic E-state index is 0.688. The first-order valence-corrected chi connectivity index (χ1v) is 5.39. The van der Waals surface area contributed by atoms with Crippen LogP contribution in [-0.2, 0) is 11.5 Å². The van der Waals surface area contributed by atoms with Gasteiger partial charge in [0.15, 0.2) is 0 Å². The van der Waals surface area contributed by atoms with Gasteiger partial charge >= 0.3 is 0 Å². The highest BCUT2D eigenvalue weighted by Crippen LogP contribution is 2.01. The molecular formula is C10H12O2S2. The van der Waals surface area contributed by atoms with Crippen molar-refractivity contribution in [3.8, 4) is 0 Å². The van der Waals surface area contributed by atoms with Crippen LogP contribution in [0.2, 0.25) is 0 Å². The molecule has 0 aliphatic rings. The first kappa shape index (κ1) is 11.3. The van der Waals surface area contributed by atoms with Crippen LogP contribution in [0.4, 0.5) is 0 Å². The third-order valence-corrected chi connectivity index (χ3v) is 2.10. The Labute approximate surface area is 94.1 Å². The average molecular weight is 228 g/mol. The molecule has 0 fully saturated rings. The van der Waals surface area contributed by atoms with Crippen LogP contribution in [0.15, 0.2) is 45.6 Å². The molecule has 0 spiro atoms. The summed E-state index contributed by atoms with van der Waals surface area (Å²) in [7, 11) is 0. The first-order valence-electron chi connectivity index (χ1n) is 4.13. The Morgan fingerprint density at radius 3 is 1.43 bits per heavy atom. The van der Waals surface area contributed by atoms with Gasteiger partial charge < -0.3 is 8.83 Å². The van der Waals surface area contributed by atoms with Gasteiger partial charge in [-0.15, -0.1) is 0 Å². The van der Waals surface area contributed by atoms with Gasteiger partial charge in [-0.25, -0.2) is 0 Å². The number of hydrogen-bond acceptors (Lipinski definition) is 4. The first-order chi connectivity index (χ1) is 6.86. The van der Waals surface area contributed by atoms with Gasteiger partial charge in [0, 0.05) is 11.5 Å². The van der Waals surface area contributed by atoms with E-state index in [2.05, 4.69) is 25.3 Å². The van der Waals surface area contributed by atoms with Gasteiger partial charge in [0.25, 0.3) is 0 Å². The Balaban J connectivity index is 0.000000140. The molecule has 0 atom stereocenters. The van der Waals surface area contributed by atoms with Crippen molar-refractivity contribution < 1.29 is 8.83 Å². The summed E-state index contributed by atoms with van der Waals surface area (Å²) in [5.74, 6) is 3.21. The lowest BCUT2D eigenvalue weighted by molar-refractivity contribution is 0.530. The molecule has 4 heteroatoms. The molecule has 0 aliphatic heterocycles. The van der Waals surface area contributed by atoms with E-state index in [9.17, 15) is 0 Å². The zero-order valence-corrected chi connectivity index (χ0v) is 9.38. The van der Waals surface area contributed by atoms with E-state index >= 15 is 0 Å². The molecule has 0 bridgehead atoms. The quantitative estimate of drug-likeness (QED) is 0.770. The number of rotatable bonds is 2. The molecule has 76 valence electrons. The second-order valence-electron chi connectivity index (χ2n) is 2.47. The predicted molar refractivity (Wildman–Crippen MR) is 62.8 cm³/mol. The topological polar surface area (TPSA) is 26.3 Å². The maximum absolute atomic E-state index is 4.91. The molecule has 2 aromatic heterocycles. The highest BCUT2D eigenvalue weighted by atomic mass is 32.1. The fraction of sp³-hybridized carbons (Fsp3) is 0.200. The third kappa shape index (κ3) is 3.98. The second kappa shape index (κ2) is 6.68. The largest absolute Gasteiger partial charge is 0.468 e. The van der Waals surface area contributed by atoms with E-state index < -0.39 is 0 Å².